The molecule has 0 radical (unpaired) electrons. The highest BCUT2D eigenvalue weighted by Gasteiger charge is 2.34. The molecule has 1 amide bonds. The fourth-order valence-electron chi connectivity index (χ4n) is 3.92. The average molecular weight is 574 g/mol. The first-order valence-corrected chi connectivity index (χ1v) is 11.7. The number of benzene rings is 1. The SMILES string of the molecule is CCNC(=NCc1ccc(N2CCC(CO)CC2)cc1)NC1CN(C(=O)OC(C)(C)C)C1.I. The van der Waals surface area contributed by atoms with Crippen LogP contribution < -0.4 is 15.5 Å². The molecule has 0 aliphatic carbocycles. The summed E-state index contributed by atoms with van der Waals surface area (Å²) in [5.74, 6) is 1.21. The Morgan fingerprint density at radius 3 is 2.36 bits per heavy atom. The second-order valence-corrected chi connectivity index (χ2v) is 9.70. The van der Waals surface area contributed by atoms with E-state index < -0.39 is 5.60 Å². The third-order valence-electron chi connectivity index (χ3n) is 5.81. The molecule has 0 bridgehead atoms. The summed E-state index contributed by atoms with van der Waals surface area (Å²) in [6, 6.07) is 8.76. The lowest BCUT2D eigenvalue weighted by Crippen LogP contribution is -2.63. The Kier molecular flexibility index (Phi) is 10.5. The summed E-state index contributed by atoms with van der Waals surface area (Å²) < 4.78 is 5.41. The van der Waals surface area contributed by atoms with E-state index in [-0.39, 0.29) is 36.1 Å². The van der Waals surface area contributed by atoms with Gasteiger partial charge in [0.1, 0.15) is 5.60 Å². The van der Waals surface area contributed by atoms with Crippen molar-refractivity contribution in [3.63, 3.8) is 0 Å². The van der Waals surface area contributed by atoms with Crippen molar-refractivity contribution in [1.82, 2.24) is 15.5 Å². The fraction of sp³-hybridized carbons (Fsp3) is 0.667. The topological polar surface area (TPSA) is 89.4 Å². The van der Waals surface area contributed by atoms with Gasteiger partial charge < -0.3 is 30.3 Å². The third-order valence-corrected chi connectivity index (χ3v) is 5.81. The minimum atomic E-state index is -0.475. The summed E-state index contributed by atoms with van der Waals surface area (Å²) in [6.45, 7) is 12.6. The Hall–Kier alpha value is -1.75. The summed E-state index contributed by atoms with van der Waals surface area (Å²) in [4.78, 5) is 20.9. The number of carbonyl (C=O) groups excluding carboxylic acids is 1. The van der Waals surface area contributed by atoms with E-state index in [0.29, 0.717) is 32.2 Å². The number of aliphatic hydroxyl groups is 1. The number of amides is 1. The van der Waals surface area contributed by atoms with Crippen molar-refractivity contribution >= 4 is 41.7 Å². The normalized spacial score (nSPS) is 17.8. The number of guanidine groups is 1. The minimum absolute atomic E-state index is 0. The molecule has 3 N–H and O–H groups in total. The molecule has 2 fully saturated rings. The molecule has 1 aromatic carbocycles. The molecule has 3 rings (SSSR count). The maximum absolute atomic E-state index is 12.1. The van der Waals surface area contributed by atoms with E-state index in [1.165, 1.54) is 5.69 Å². The van der Waals surface area contributed by atoms with Gasteiger partial charge in [0, 0.05) is 45.0 Å². The molecule has 2 aliphatic heterocycles. The Morgan fingerprint density at radius 1 is 1.18 bits per heavy atom. The molecule has 1 aromatic rings. The summed E-state index contributed by atoms with van der Waals surface area (Å²) in [5.41, 5.74) is 1.91. The maximum atomic E-state index is 12.1. The minimum Gasteiger partial charge on any atom is -0.444 e. The van der Waals surface area contributed by atoms with Crippen molar-refractivity contribution in [2.45, 2.75) is 58.7 Å². The van der Waals surface area contributed by atoms with E-state index in [9.17, 15) is 9.90 Å². The van der Waals surface area contributed by atoms with Crippen LogP contribution in [0.25, 0.3) is 0 Å². The Morgan fingerprint density at radius 2 is 1.82 bits per heavy atom. The number of likely N-dealkylation sites (tertiary alicyclic amines) is 1. The van der Waals surface area contributed by atoms with Gasteiger partial charge >= 0.3 is 6.09 Å². The van der Waals surface area contributed by atoms with Crippen LogP contribution in [0.4, 0.5) is 10.5 Å². The van der Waals surface area contributed by atoms with Gasteiger partial charge in [-0.2, -0.15) is 0 Å². The number of ether oxygens (including phenoxy) is 1. The van der Waals surface area contributed by atoms with E-state index in [0.717, 1.165) is 44.0 Å². The summed E-state index contributed by atoms with van der Waals surface area (Å²) >= 11 is 0. The highest BCUT2D eigenvalue weighted by atomic mass is 127. The molecule has 0 spiro atoms. The molecule has 0 atom stereocenters. The summed E-state index contributed by atoms with van der Waals surface area (Å²) in [5, 5.41) is 16.0. The number of carbonyl (C=O) groups is 1. The number of anilines is 1. The van der Waals surface area contributed by atoms with Crippen LogP contribution in [-0.2, 0) is 11.3 Å². The maximum Gasteiger partial charge on any atom is 0.410 e. The number of aliphatic hydroxyl groups excluding tert-OH is 1. The highest BCUT2D eigenvalue weighted by Crippen LogP contribution is 2.23. The van der Waals surface area contributed by atoms with Gasteiger partial charge in [0.25, 0.3) is 0 Å². The first-order chi connectivity index (χ1) is 15.3. The molecule has 2 saturated heterocycles. The Balaban J connectivity index is 0.00000385. The number of halogens is 1. The van der Waals surface area contributed by atoms with Crippen molar-refractivity contribution in [2.24, 2.45) is 10.9 Å². The number of hydrogen-bond donors (Lipinski definition) is 3. The van der Waals surface area contributed by atoms with Crippen molar-refractivity contribution < 1.29 is 14.6 Å². The van der Waals surface area contributed by atoms with Gasteiger partial charge in [-0.15, -0.1) is 24.0 Å². The highest BCUT2D eigenvalue weighted by molar-refractivity contribution is 14.0. The zero-order chi connectivity index (χ0) is 23.1. The number of piperidine rings is 1. The van der Waals surface area contributed by atoms with Crippen LogP contribution >= 0.6 is 24.0 Å². The zero-order valence-corrected chi connectivity index (χ0v) is 22.7. The van der Waals surface area contributed by atoms with Crippen LogP contribution in [0.15, 0.2) is 29.3 Å². The van der Waals surface area contributed by atoms with E-state index in [1.54, 1.807) is 4.90 Å². The molecule has 186 valence electrons. The van der Waals surface area contributed by atoms with E-state index in [4.69, 9.17) is 9.73 Å². The van der Waals surface area contributed by atoms with Gasteiger partial charge in [-0.1, -0.05) is 12.1 Å². The quantitative estimate of drug-likeness (QED) is 0.275. The van der Waals surface area contributed by atoms with Crippen molar-refractivity contribution in [2.75, 3.05) is 44.2 Å². The van der Waals surface area contributed by atoms with Gasteiger partial charge in [0.05, 0.1) is 12.6 Å². The molecule has 2 heterocycles. The molecule has 8 nitrogen and oxygen atoms in total. The van der Waals surface area contributed by atoms with Crippen LogP contribution in [0.2, 0.25) is 0 Å². The average Bonchev–Trinajstić information content (AvgIpc) is 2.73. The second-order valence-electron chi connectivity index (χ2n) is 9.70. The van der Waals surface area contributed by atoms with Crippen molar-refractivity contribution in [3.05, 3.63) is 29.8 Å². The number of nitrogens with one attached hydrogen (secondary N) is 2. The van der Waals surface area contributed by atoms with Crippen LogP contribution in [0.5, 0.6) is 0 Å². The Labute approximate surface area is 215 Å². The van der Waals surface area contributed by atoms with Crippen molar-refractivity contribution in [1.29, 1.82) is 0 Å². The molecular formula is C24H40IN5O3. The van der Waals surface area contributed by atoms with Gasteiger partial charge in [-0.05, 0) is 64.2 Å². The second kappa shape index (κ2) is 12.6. The largest absolute Gasteiger partial charge is 0.444 e. The third kappa shape index (κ3) is 8.51. The Bertz CT molecular complexity index is 767. The molecule has 9 heteroatoms. The first-order valence-electron chi connectivity index (χ1n) is 11.7. The lowest BCUT2D eigenvalue weighted by Gasteiger charge is -2.40. The zero-order valence-electron chi connectivity index (χ0n) is 20.3. The summed E-state index contributed by atoms with van der Waals surface area (Å²) in [7, 11) is 0. The van der Waals surface area contributed by atoms with Gasteiger partial charge in [-0.25, -0.2) is 9.79 Å². The first kappa shape index (κ1) is 27.5. The predicted molar refractivity (Wildman–Crippen MR) is 143 cm³/mol. The van der Waals surface area contributed by atoms with Crippen LogP contribution in [0, 0.1) is 5.92 Å². The number of hydrogen-bond acceptors (Lipinski definition) is 5. The molecule has 33 heavy (non-hydrogen) atoms. The molecule has 0 unspecified atom stereocenters. The van der Waals surface area contributed by atoms with Gasteiger partial charge in [-0.3, -0.25) is 0 Å². The van der Waals surface area contributed by atoms with E-state index in [1.807, 2.05) is 27.7 Å². The van der Waals surface area contributed by atoms with Crippen LogP contribution in [0.3, 0.4) is 0 Å². The lowest BCUT2D eigenvalue weighted by molar-refractivity contribution is 0.00700. The van der Waals surface area contributed by atoms with Gasteiger partial charge in [0.2, 0.25) is 0 Å². The van der Waals surface area contributed by atoms with E-state index in [2.05, 4.69) is 39.8 Å². The van der Waals surface area contributed by atoms with E-state index >= 15 is 0 Å². The smallest absolute Gasteiger partial charge is 0.410 e. The van der Waals surface area contributed by atoms with Crippen LogP contribution in [0.1, 0.15) is 46.1 Å². The number of nitrogens with zero attached hydrogens (tertiary/aromatic N) is 3. The van der Waals surface area contributed by atoms with Gasteiger partial charge in [0.15, 0.2) is 5.96 Å². The standard InChI is InChI=1S/C24H39N5O3.HI/c1-5-25-22(27-20-15-29(16-20)23(31)32-24(2,3)4)26-14-18-6-8-21(9-7-18)28-12-10-19(17-30)11-13-28;/h6-9,19-20,30H,5,10-17H2,1-4H3,(H2,25,26,27);1H. The fourth-order valence-corrected chi connectivity index (χ4v) is 3.92. The molecular weight excluding hydrogens is 533 g/mol. The van der Waals surface area contributed by atoms with Crippen molar-refractivity contribution in [3.8, 4) is 0 Å². The summed E-state index contributed by atoms with van der Waals surface area (Å²) in [6.07, 6.45) is 1.83. The molecule has 2 aliphatic rings. The molecule has 0 saturated carbocycles. The number of aliphatic imine (C=N–C) groups is 1. The predicted octanol–water partition coefficient (Wildman–Crippen LogP) is 3.19. The van der Waals surface area contributed by atoms with Crippen LogP contribution in [-0.4, -0.2) is 73.0 Å². The number of rotatable bonds is 6. The molecule has 0 aromatic heterocycles. The monoisotopic (exact) mass is 573 g/mol. The lowest BCUT2D eigenvalue weighted by atomic mass is 9.97.